The zero-order valence-electron chi connectivity index (χ0n) is 35.7. The highest BCUT2D eigenvalue weighted by atomic mass is 16.4. The van der Waals surface area contributed by atoms with Crippen molar-refractivity contribution in [1.29, 1.82) is 0 Å². The molecule has 4 atom stereocenters. The fraction of sp³-hybridized carbons (Fsp3) is 0.320. The third kappa shape index (κ3) is 11.0. The molecule has 14 nitrogen and oxygen atoms in total. The van der Waals surface area contributed by atoms with E-state index >= 15 is 0 Å². The molecule has 6 N–H and O–H groups in total. The van der Waals surface area contributed by atoms with Crippen molar-refractivity contribution in [3.63, 3.8) is 0 Å². The van der Waals surface area contributed by atoms with E-state index in [1.807, 2.05) is 59.4 Å². The molecule has 4 aromatic carbocycles. The first kappa shape index (κ1) is 43.7. The van der Waals surface area contributed by atoms with Crippen LogP contribution in [0, 0.1) is 0 Å². The maximum atomic E-state index is 12.7. The molecule has 4 amide bonds. The van der Waals surface area contributed by atoms with Crippen LogP contribution in [0.15, 0.2) is 122 Å². The summed E-state index contributed by atoms with van der Waals surface area (Å²) in [5.41, 5.74) is 8.28. The lowest BCUT2D eigenvalue weighted by Gasteiger charge is -2.32. The highest BCUT2D eigenvalue weighted by Crippen LogP contribution is 2.37. The van der Waals surface area contributed by atoms with Crippen LogP contribution in [0.2, 0.25) is 0 Å². The zero-order chi connectivity index (χ0) is 44.4. The maximum absolute atomic E-state index is 12.7. The number of carbonyl (C=O) groups excluding carboxylic acids is 2. The number of aromatic nitrogens is 4. The summed E-state index contributed by atoms with van der Waals surface area (Å²) in [6.07, 6.45) is 7.85. The van der Waals surface area contributed by atoms with E-state index in [-0.39, 0.29) is 37.0 Å². The molecule has 2 saturated heterocycles. The lowest BCUT2D eigenvalue weighted by atomic mass is 10.00. The Labute approximate surface area is 372 Å². The number of aromatic amines is 2. The van der Waals surface area contributed by atoms with Gasteiger partial charge in [0.2, 0.25) is 11.8 Å². The molecule has 0 aliphatic carbocycles. The predicted molar refractivity (Wildman–Crippen MR) is 243 cm³/mol. The van der Waals surface area contributed by atoms with Crippen molar-refractivity contribution in [3.05, 3.63) is 144 Å². The molecular formula is C50H54N8O6. The van der Waals surface area contributed by atoms with Crippen molar-refractivity contribution in [1.82, 2.24) is 40.4 Å². The number of imide groups is 2. The van der Waals surface area contributed by atoms with Gasteiger partial charge in [0.25, 0.3) is 0 Å². The van der Waals surface area contributed by atoms with Crippen LogP contribution in [0.1, 0.15) is 86.2 Å². The number of aryl methyl sites for hydroxylation is 2. The van der Waals surface area contributed by atoms with E-state index in [4.69, 9.17) is 9.97 Å². The van der Waals surface area contributed by atoms with Gasteiger partial charge in [-0.3, -0.25) is 30.0 Å². The first-order valence-electron chi connectivity index (χ1n) is 22.1. The molecule has 6 aromatic rings. The highest BCUT2D eigenvalue weighted by Gasteiger charge is 2.36. The first-order chi connectivity index (χ1) is 31.2. The average molecular weight is 863 g/mol. The molecule has 8 rings (SSSR count). The van der Waals surface area contributed by atoms with Gasteiger partial charge in [0.05, 0.1) is 35.9 Å². The number of carboxylic acid groups (broad SMARTS) is 2. The van der Waals surface area contributed by atoms with Gasteiger partial charge in [0.15, 0.2) is 0 Å². The first-order valence-corrected chi connectivity index (χ1v) is 22.1. The van der Waals surface area contributed by atoms with Crippen molar-refractivity contribution in [2.75, 3.05) is 13.1 Å². The number of amides is 4. The molecule has 4 heterocycles. The average Bonchev–Trinajstić information content (AvgIpc) is 4.15. The van der Waals surface area contributed by atoms with E-state index < -0.39 is 24.0 Å². The van der Waals surface area contributed by atoms with Gasteiger partial charge in [-0.2, -0.15) is 0 Å². The normalized spacial score (nSPS) is 17.5. The Kier molecular flexibility index (Phi) is 14.0. The van der Waals surface area contributed by atoms with Gasteiger partial charge in [-0.05, 0) is 97.8 Å². The predicted octanol–water partition coefficient (Wildman–Crippen LogP) is 8.78. The van der Waals surface area contributed by atoms with Crippen molar-refractivity contribution >= 4 is 24.0 Å². The fourth-order valence-corrected chi connectivity index (χ4v) is 9.52. The minimum atomic E-state index is -1.34. The van der Waals surface area contributed by atoms with Crippen LogP contribution in [0.5, 0.6) is 0 Å². The van der Waals surface area contributed by atoms with Crippen molar-refractivity contribution in [2.24, 2.45) is 0 Å². The van der Waals surface area contributed by atoms with E-state index in [9.17, 15) is 29.4 Å². The van der Waals surface area contributed by atoms with Gasteiger partial charge in [0.1, 0.15) is 11.6 Å². The number of nitrogens with zero attached hydrogens (tertiary/aromatic N) is 4. The molecular weight excluding hydrogens is 809 g/mol. The van der Waals surface area contributed by atoms with E-state index in [0.717, 1.165) is 96.9 Å². The van der Waals surface area contributed by atoms with Crippen LogP contribution in [0.4, 0.5) is 9.59 Å². The van der Waals surface area contributed by atoms with E-state index in [0.29, 0.717) is 12.8 Å². The lowest BCUT2D eigenvalue weighted by molar-refractivity contribution is -0.122. The minimum absolute atomic E-state index is 0.0199. The second-order valence-electron chi connectivity index (χ2n) is 16.8. The summed E-state index contributed by atoms with van der Waals surface area (Å²) in [6, 6.07) is 36.6. The monoisotopic (exact) mass is 862 g/mol. The Hall–Kier alpha value is -6.90. The van der Waals surface area contributed by atoms with Crippen molar-refractivity contribution in [3.8, 4) is 33.6 Å². The molecule has 14 heteroatoms. The molecule has 0 radical (unpaired) electrons. The number of rotatable bonds is 17. The van der Waals surface area contributed by atoms with Crippen LogP contribution >= 0.6 is 0 Å². The number of likely N-dealkylation sites (tertiary alicyclic amines) is 2. The van der Waals surface area contributed by atoms with E-state index in [2.05, 4.69) is 92.6 Å². The Morgan fingerprint density at radius 1 is 0.562 bits per heavy atom. The zero-order valence-corrected chi connectivity index (χ0v) is 35.7. The molecule has 0 bridgehead atoms. The molecule has 2 unspecified atom stereocenters. The highest BCUT2D eigenvalue weighted by molar-refractivity contribution is 5.91. The van der Waals surface area contributed by atoms with Crippen LogP contribution in [0.3, 0.4) is 0 Å². The molecule has 2 aliphatic heterocycles. The van der Waals surface area contributed by atoms with Crippen LogP contribution in [0.25, 0.3) is 33.6 Å². The lowest BCUT2D eigenvalue weighted by Crippen LogP contribution is -2.40. The molecule has 2 aliphatic rings. The topological polar surface area (TPSA) is 197 Å². The third-order valence-corrected chi connectivity index (χ3v) is 12.6. The third-order valence-electron chi connectivity index (χ3n) is 12.6. The number of nitrogens with one attached hydrogen (secondary N) is 4. The summed E-state index contributed by atoms with van der Waals surface area (Å²) in [5.74, 6) is 0.672. The van der Waals surface area contributed by atoms with Crippen LogP contribution in [-0.2, 0) is 22.4 Å². The van der Waals surface area contributed by atoms with Gasteiger partial charge >= 0.3 is 12.2 Å². The summed E-state index contributed by atoms with van der Waals surface area (Å²) in [7, 11) is 0. The quantitative estimate of drug-likeness (QED) is 0.0516. The van der Waals surface area contributed by atoms with Gasteiger partial charge < -0.3 is 20.2 Å². The van der Waals surface area contributed by atoms with Gasteiger partial charge in [-0.1, -0.05) is 109 Å². The Balaban J connectivity index is 0.915. The standard InChI is InChI=1S/C50H54N8O6/c59-45(55-49(61)62)29-39(25-15-33-9-3-1-4-10-33)57-27-7-13-43(57)47-51-31-41(53-47)37-21-17-35(18-22-37)36-19-23-38(24-20-36)42-32-52-48(54-42)44-14-8-28-58(44)40(30-46(60)56-50(63)64)26-16-34-11-5-2-6-12-34/h1-6,9-12,17-24,31-32,39-40,43-44H,7-8,13-16,25-30H2,(H,51,53)(H,52,54)(H,55,59)(H,56,60)(H,61,62)(H,63,64)/t39-,40?,43+,44?/m1/s1. The second kappa shape index (κ2) is 20.5. The van der Waals surface area contributed by atoms with E-state index in [1.54, 1.807) is 0 Å². The number of H-pyrrole nitrogens is 2. The smallest absolute Gasteiger partial charge is 0.411 e. The SMILES string of the molecule is O=C(O)NC(=O)CC(CCc1ccccc1)N1CCCC1c1ncc(-c2ccc(-c3ccc(-c4cnc([C@@H]5CCCN5[C@H](CCc5ccccc5)CC(=O)NC(=O)O)[nH]4)cc3)cc2)[nH]1. The van der Waals surface area contributed by atoms with Crippen LogP contribution in [-0.4, -0.2) is 89.1 Å². The fourth-order valence-electron chi connectivity index (χ4n) is 9.52. The second-order valence-corrected chi connectivity index (χ2v) is 16.8. The number of imidazole rings is 2. The summed E-state index contributed by atoms with van der Waals surface area (Å²) >= 11 is 0. The Bertz CT molecular complexity index is 2330. The maximum Gasteiger partial charge on any atom is 0.411 e. The molecule has 64 heavy (non-hydrogen) atoms. The van der Waals surface area contributed by atoms with Gasteiger partial charge in [0, 0.05) is 24.9 Å². The summed E-state index contributed by atoms with van der Waals surface area (Å²) in [5, 5.41) is 22.4. The molecule has 2 aromatic heterocycles. The molecule has 0 saturated carbocycles. The van der Waals surface area contributed by atoms with Crippen LogP contribution < -0.4 is 10.6 Å². The molecule has 0 spiro atoms. The largest absolute Gasteiger partial charge is 0.465 e. The number of hydrogen-bond donors (Lipinski definition) is 6. The Morgan fingerprint density at radius 3 is 1.31 bits per heavy atom. The summed E-state index contributed by atoms with van der Waals surface area (Å²) in [6.45, 7) is 1.59. The summed E-state index contributed by atoms with van der Waals surface area (Å²) < 4.78 is 0. The van der Waals surface area contributed by atoms with Crippen molar-refractivity contribution in [2.45, 2.75) is 88.4 Å². The minimum Gasteiger partial charge on any atom is -0.465 e. The van der Waals surface area contributed by atoms with Gasteiger partial charge in [-0.25, -0.2) is 19.6 Å². The number of carbonyl (C=O) groups is 4. The van der Waals surface area contributed by atoms with Gasteiger partial charge in [-0.15, -0.1) is 0 Å². The number of hydrogen-bond acceptors (Lipinski definition) is 8. The molecule has 2 fully saturated rings. The van der Waals surface area contributed by atoms with Crippen molar-refractivity contribution < 1.29 is 29.4 Å². The Morgan fingerprint density at radius 2 is 0.938 bits per heavy atom. The summed E-state index contributed by atoms with van der Waals surface area (Å²) in [4.78, 5) is 69.2. The molecule has 330 valence electrons. The van der Waals surface area contributed by atoms with E-state index in [1.165, 1.54) is 11.1 Å². The number of benzene rings is 4.